The van der Waals surface area contributed by atoms with Crippen LogP contribution in [0.3, 0.4) is 0 Å². The average Bonchev–Trinajstić information content (AvgIpc) is 2.56. The highest BCUT2D eigenvalue weighted by Crippen LogP contribution is 2.24. The van der Waals surface area contributed by atoms with Crippen LogP contribution in [-0.4, -0.2) is 69.6 Å². The number of nitrogens with zero attached hydrogens (tertiary/aromatic N) is 3. The van der Waals surface area contributed by atoms with E-state index in [1.165, 1.54) is 10.6 Å². The fourth-order valence-corrected chi connectivity index (χ4v) is 4.10. The second kappa shape index (κ2) is 8.19. The first-order valence-electron chi connectivity index (χ1n) is 8.77. The van der Waals surface area contributed by atoms with Crippen molar-refractivity contribution in [3.8, 4) is 0 Å². The molecule has 25 heavy (non-hydrogen) atoms. The predicted molar refractivity (Wildman–Crippen MR) is 101 cm³/mol. The van der Waals surface area contributed by atoms with Gasteiger partial charge in [-0.15, -0.1) is 0 Å². The largest absolute Gasteiger partial charge is 0.340 e. The fraction of sp³-hybridized carbons (Fsp3) is 0.611. The second-order valence-corrected chi connectivity index (χ2v) is 8.60. The minimum absolute atomic E-state index is 0.0229. The molecule has 0 aliphatic carbocycles. The molecule has 0 radical (unpaired) electrons. The number of hydrogen-bond donors (Lipinski definition) is 0. The first-order valence-corrected chi connectivity index (χ1v) is 10.6. The molecule has 7 heteroatoms. The van der Waals surface area contributed by atoms with Gasteiger partial charge < -0.3 is 9.80 Å². The summed E-state index contributed by atoms with van der Waals surface area (Å²) in [5.74, 6) is 0.0229. The quantitative estimate of drug-likeness (QED) is 0.767. The van der Waals surface area contributed by atoms with Gasteiger partial charge in [0.1, 0.15) is 0 Å². The number of piperazine rings is 1. The lowest BCUT2D eigenvalue weighted by atomic mass is 10.1. The molecule has 2 rings (SSSR count). The van der Waals surface area contributed by atoms with Gasteiger partial charge in [0.2, 0.25) is 15.9 Å². The van der Waals surface area contributed by atoms with Crippen LogP contribution in [0.15, 0.2) is 18.2 Å². The number of benzene rings is 1. The summed E-state index contributed by atoms with van der Waals surface area (Å²) in [6.45, 7) is 10.3. The molecule has 1 heterocycles. The Hall–Kier alpha value is -1.60. The van der Waals surface area contributed by atoms with Gasteiger partial charge in [0.25, 0.3) is 0 Å². The highest BCUT2D eigenvalue weighted by Gasteiger charge is 2.24. The summed E-state index contributed by atoms with van der Waals surface area (Å²) in [5, 5.41) is 0. The molecule has 140 valence electrons. The topological polar surface area (TPSA) is 60.9 Å². The number of anilines is 1. The zero-order chi connectivity index (χ0) is 18.6. The molecular weight excluding hydrogens is 338 g/mol. The van der Waals surface area contributed by atoms with Crippen LogP contribution in [-0.2, 0) is 14.8 Å². The smallest absolute Gasteiger partial charge is 0.232 e. The second-order valence-electron chi connectivity index (χ2n) is 6.69. The number of amides is 1. The van der Waals surface area contributed by atoms with E-state index in [0.29, 0.717) is 5.69 Å². The van der Waals surface area contributed by atoms with Crippen molar-refractivity contribution in [3.63, 3.8) is 0 Å². The number of sulfonamides is 1. The fourth-order valence-electron chi connectivity index (χ4n) is 3.12. The van der Waals surface area contributed by atoms with Crippen molar-refractivity contribution in [3.05, 3.63) is 29.3 Å². The zero-order valence-corrected chi connectivity index (χ0v) is 16.5. The number of carbonyl (C=O) groups is 1. The molecule has 0 bridgehead atoms. The molecule has 0 atom stereocenters. The lowest BCUT2D eigenvalue weighted by Gasteiger charge is -2.34. The van der Waals surface area contributed by atoms with Crippen molar-refractivity contribution in [1.82, 2.24) is 9.80 Å². The summed E-state index contributed by atoms with van der Waals surface area (Å²) >= 11 is 0. The number of likely N-dealkylation sites (N-methyl/N-ethyl adjacent to an activating group) is 1. The average molecular weight is 368 g/mol. The van der Waals surface area contributed by atoms with Crippen LogP contribution in [0.2, 0.25) is 0 Å². The van der Waals surface area contributed by atoms with Gasteiger partial charge in [-0.2, -0.15) is 0 Å². The van der Waals surface area contributed by atoms with E-state index < -0.39 is 10.0 Å². The highest BCUT2D eigenvalue weighted by molar-refractivity contribution is 7.92. The van der Waals surface area contributed by atoms with Crippen molar-refractivity contribution in [2.24, 2.45) is 0 Å². The maximum Gasteiger partial charge on any atom is 0.232 e. The summed E-state index contributed by atoms with van der Waals surface area (Å²) < 4.78 is 25.9. The Balaban J connectivity index is 2.06. The first kappa shape index (κ1) is 19.7. The Morgan fingerprint density at radius 3 is 2.36 bits per heavy atom. The minimum atomic E-state index is -3.44. The van der Waals surface area contributed by atoms with E-state index in [1.807, 2.05) is 36.9 Å². The van der Waals surface area contributed by atoms with Gasteiger partial charge in [0.15, 0.2) is 0 Å². The van der Waals surface area contributed by atoms with Gasteiger partial charge in [-0.1, -0.05) is 19.1 Å². The monoisotopic (exact) mass is 367 g/mol. The molecule has 0 saturated carbocycles. The van der Waals surface area contributed by atoms with E-state index in [1.54, 1.807) is 0 Å². The van der Waals surface area contributed by atoms with Crippen LogP contribution >= 0.6 is 0 Å². The summed E-state index contributed by atoms with van der Waals surface area (Å²) in [4.78, 5) is 16.6. The Morgan fingerprint density at radius 1 is 1.16 bits per heavy atom. The highest BCUT2D eigenvalue weighted by atomic mass is 32.2. The Labute approximate surface area is 151 Å². The standard InChI is InChI=1S/C18H29N3O3S/c1-5-19-10-12-20(13-11-19)18(22)8-9-21(25(4,23)24)17-14-15(2)6-7-16(17)3/h6-7,14H,5,8-13H2,1-4H3. The predicted octanol–water partition coefficient (Wildman–Crippen LogP) is 1.62. The third-order valence-electron chi connectivity index (χ3n) is 4.73. The maximum absolute atomic E-state index is 12.5. The Bertz CT molecular complexity index is 710. The molecule has 1 aromatic carbocycles. The Morgan fingerprint density at radius 2 is 1.80 bits per heavy atom. The first-order chi connectivity index (χ1) is 11.7. The maximum atomic E-state index is 12.5. The molecule has 0 N–H and O–H groups in total. The van der Waals surface area contributed by atoms with E-state index in [2.05, 4.69) is 11.8 Å². The van der Waals surface area contributed by atoms with Crippen molar-refractivity contribution in [2.75, 3.05) is 49.8 Å². The number of carbonyl (C=O) groups excluding carboxylic acids is 1. The van der Waals surface area contributed by atoms with Crippen LogP contribution < -0.4 is 4.31 Å². The van der Waals surface area contributed by atoms with E-state index in [4.69, 9.17) is 0 Å². The van der Waals surface area contributed by atoms with Crippen LogP contribution in [0, 0.1) is 13.8 Å². The van der Waals surface area contributed by atoms with E-state index in [-0.39, 0.29) is 18.9 Å². The third-order valence-corrected chi connectivity index (χ3v) is 5.91. The van der Waals surface area contributed by atoms with E-state index in [9.17, 15) is 13.2 Å². The van der Waals surface area contributed by atoms with Crippen LogP contribution in [0.25, 0.3) is 0 Å². The lowest BCUT2D eigenvalue weighted by Crippen LogP contribution is -2.49. The molecule has 1 amide bonds. The van der Waals surface area contributed by atoms with Crippen molar-refractivity contribution >= 4 is 21.6 Å². The molecule has 1 aliphatic rings. The summed E-state index contributed by atoms with van der Waals surface area (Å²) in [5.41, 5.74) is 2.54. The molecule has 1 saturated heterocycles. The molecule has 0 spiro atoms. The number of hydrogen-bond acceptors (Lipinski definition) is 4. The molecule has 1 aliphatic heterocycles. The van der Waals surface area contributed by atoms with E-state index in [0.717, 1.165) is 43.9 Å². The summed E-state index contributed by atoms with van der Waals surface area (Å²) in [6, 6.07) is 5.73. The van der Waals surface area contributed by atoms with Gasteiger partial charge in [0, 0.05) is 39.1 Å². The van der Waals surface area contributed by atoms with Crippen LogP contribution in [0.4, 0.5) is 5.69 Å². The van der Waals surface area contributed by atoms with Gasteiger partial charge in [0.05, 0.1) is 11.9 Å². The molecule has 0 unspecified atom stereocenters. The number of aryl methyl sites for hydroxylation is 2. The molecule has 6 nitrogen and oxygen atoms in total. The van der Waals surface area contributed by atoms with Gasteiger partial charge >= 0.3 is 0 Å². The normalized spacial score (nSPS) is 16.1. The van der Waals surface area contributed by atoms with Gasteiger partial charge in [-0.25, -0.2) is 8.42 Å². The lowest BCUT2D eigenvalue weighted by molar-refractivity contribution is -0.132. The summed E-state index contributed by atoms with van der Waals surface area (Å²) in [7, 11) is -3.44. The van der Waals surface area contributed by atoms with Crippen molar-refractivity contribution < 1.29 is 13.2 Å². The molecule has 1 fully saturated rings. The van der Waals surface area contributed by atoms with Crippen LogP contribution in [0.5, 0.6) is 0 Å². The van der Waals surface area contributed by atoms with E-state index >= 15 is 0 Å². The number of rotatable bonds is 6. The SMILES string of the molecule is CCN1CCN(C(=O)CCN(c2cc(C)ccc2C)S(C)(=O)=O)CC1. The molecule has 0 aromatic heterocycles. The third kappa shape index (κ3) is 5.19. The van der Waals surface area contributed by atoms with Gasteiger partial charge in [-0.05, 0) is 37.6 Å². The van der Waals surface area contributed by atoms with Gasteiger partial charge in [-0.3, -0.25) is 9.10 Å². The van der Waals surface area contributed by atoms with Crippen molar-refractivity contribution in [2.45, 2.75) is 27.2 Å². The van der Waals surface area contributed by atoms with Crippen molar-refractivity contribution in [1.29, 1.82) is 0 Å². The molecule has 1 aromatic rings. The minimum Gasteiger partial charge on any atom is -0.340 e. The zero-order valence-electron chi connectivity index (χ0n) is 15.7. The van der Waals surface area contributed by atoms with Crippen LogP contribution in [0.1, 0.15) is 24.5 Å². The molecular formula is C18H29N3O3S. The summed E-state index contributed by atoms with van der Waals surface area (Å²) in [6.07, 6.45) is 1.39. The Kier molecular flexibility index (Phi) is 6.46.